The Morgan fingerprint density at radius 2 is 1.66 bits per heavy atom. The van der Waals surface area contributed by atoms with Gasteiger partial charge in [-0.1, -0.05) is 25.7 Å². The molecule has 1 aromatic carbocycles. The van der Waals surface area contributed by atoms with Gasteiger partial charge in [0.15, 0.2) is 0 Å². The number of hydrogen-bond acceptors (Lipinski definition) is 6. The fourth-order valence-electron chi connectivity index (χ4n) is 3.68. The van der Waals surface area contributed by atoms with Gasteiger partial charge < -0.3 is 10.5 Å². The SMILES string of the molecule is NCCCCCCCCOc1ccc2c(c1)C(=O)N(C1CCC(=O)NC1=O)C2=O. The van der Waals surface area contributed by atoms with E-state index in [9.17, 15) is 19.2 Å². The van der Waals surface area contributed by atoms with Gasteiger partial charge in [0.25, 0.3) is 11.8 Å². The summed E-state index contributed by atoms with van der Waals surface area (Å²) in [5, 5.41) is 2.19. The minimum atomic E-state index is -0.955. The van der Waals surface area contributed by atoms with Gasteiger partial charge in [0.2, 0.25) is 11.8 Å². The van der Waals surface area contributed by atoms with Crippen molar-refractivity contribution in [1.29, 1.82) is 0 Å². The molecule has 1 saturated heterocycles. The van der Waals surface area contributed by atoms with E-state index in [1.807, 2.05) is 0 Å². The molecule has 3 N–H and O–H groups in total. The first-order chi connectivity index (χ1) is 14.0. The molecule has 1 fully saturated rings. The van der Waals surface area contributed by atoms with Crippen molar-refractivity contribution in [2.45, 2.75) is 57.4 Å². The molecule has 0 saturated carbocycles. The number of carbonyl (C=O) groups is 4. The lowest BCUT2D eigenvalue weighted by Gasteiger charge is -2.27. The second kappa shape index (κ2) is 9.65. The van der Waals surface area contributed by atoms with Crippen LogP contribution in [0.2, 0.25) is 0 Å². The first-order valence-corrected chi connectivity index (χ1v) is 10.2. The third-order valence-electron chi connectivity index (χ3n) is 5.28. The summed E-state index contributed by atoms with van der Waals surface area (Å²) in [5.41, 5.74) is 5.97. The zero-order valence-electron chi connectivity index (χ0n) is 16.4. The standard InChI is InChI=1S/C21H27N3O5/c22-11-5-3-1-2-4-6-12-29-14-7-8-15-16(13-14)21(28)24(20(15)27)17-9-10-18(25)23-19(17)26/h7-8,13,17H,1-6,9-12,22H2,(H,23,25,26). The molecule has 0 aliphatic carbocycles. The third-order valence-corrected chi connectivity index (χ3v) is 5.28. The Hall–Kier alpha value is -2.74. The summed E-state index contributed by atoms with van der Waals surface area (Å²) in [6, 6.07) is 3.83. The summed E-state index contributed by atoms with van der Waals surface area (Å²) in [5.74, 6) is -1.51. The normalized spacial score (nSPS) is 18.8. The molecular formula is C21H27N3O5. The number of benzene rings is 1. The van der Waals surface area contributed by atoms with Crippen molar-refractivity contribution in [1.82, 2.24) is 10.2 Å². The van der Waals surface area contributed by atoms with Crippen LogP contribution in [-0.4, -0.2) is 47.7 Å². The van der Waals surface area contributed by atoms with E-state index in [2.05, 4.69) is 5.32 Å². The number of nitrogens with one attached hydrogen (secondary N) is 1. The molecule has 1 unspecified atom stereocenters. The zero-order valence-corrected chi connectivity index (χ0v) is 16.4. The van der Waals surface area contributed by atoms with E-state index in [4.69, 9.17) is 10.5 Å². The van der Waals surface area contributed by atoms with E-state index in [1.165, 1.54) is 6.42 Å². The van der Waals surface area contributed by atoms with E-state index in [0.29, 0.717) is 12.4 Å². The molecule has 0 aromatic heterocycles. The van der Waals surface area contributed by atoms with Gasteiger partial charge in [0.1, 0.15) is 11.8 Å². The fourth-order valence-corrected chi connectivity index (χ4v) is 3.68. The molecule has 156 valence electrons. The smallest absolute Gasteiger partial charge is 0.262 e. The van der Waals surface area contributed by atoms with Crippen LogP contribution in [0, 0.1) is 0 Å². The minimum absolute atomic E-state index is 0.102. The molecule has 8 heteroatoms. The molecule has 2 heterocycles. The van der Waals surface area contributed by atoms with Gasteiger partial charge in [-0.15, -0.1) is 0 Å². The van der Waals surface area contributed by atoms with E-state index in [1.54, 1.807) is 18.2 Å². The van der Waals surface area contributed by atoms with Gasteiger partial charge in [0, 0.05) is 6.42 Å². The highest BCUT2D eigenvalue weighted by atomic mass is 16.5. The van der Waals surface area contributed by atoms with Gasteiger partial charge in [-0.25, -0.2) is 0 Å². The number of imide groups is 2. The number of hydrogen-bond donors (Lipinski definition) is 2. The molecule has 4 amide bonds. The Kier molecular flexibility index (Phi) is 6.98. The Bertz CT molecular complexity index is 808. The van der Waals surface area contributed by atoms with Gasteiger partial charge in [-0.2, -0.15) is 0 Å². The largest absolute Gasteiger partial charge is 0.494 e. The van der Waals surface area contributed by atoms with Gasteiger partial charge in [0.05, 0.1) is 17.7 Å². The lowest BCUT2D eigenvalue weighted by Crippen LogP contribution is -2.54. The topological polar surface area (TPSA) is 119 Å². The van der Waals surface area contributed by atoms with Crippen LogP contribution in [0.1, 0.15) is 72.1 Å². The average Bonchev–Trinajstić information content (AvgIpc) is 2.94. The summed E-state index contributed by atoms with van der Waals surface area (Å²) in [6.45, 7) is 1.28. The second-order valence-corrected chi connectivity index (χ2v) is 7.41. The fraction of sp³-hybridized carbons (Fsp3) is 0.524. The van der Waals surface area contributed by atoms with Crippen LogP contribution in [0.25, 0.3) is 0 Å². The maximum absolute atomic E-state index is 12.8. The molecule has 0 bridgehead atoms. The summed E-state index contributed by atoms with van der Waals surface area (Å²) in [7, 11) is 0. The molecule has 1 aromatic rings. The highest BCUT2D eigenvalue weighted by Crippen LogP contribution is 2.30. The van der Waals surface area contributed by atoms with Crippen LogP contribution in [0.3, 0.4) is 0 Å². The number of unbranched alkanes of at least 4 members (excludes halogenated alkanes) is 5. The number of amides is 4. The highest BCUT2D eigenvalue weighted by molar-refractivity contribution is 6.23. The lowest BCUT2D eigenvalue weighted by atomic mass is 10.0. The molecule has 3 rings (SSSR count). The number of nitrogens with zero attached hydrogens (tertiary/aromatic N) is 1. The van der Waals surface area contributed by atoms with Gasteiger partial charge in [-0.3, -0.25) is 29.4 Å². The van der Waals surface area contributed by atoms with Gasteiger partial charge in [-0.05, 0) is 44.0 Å². The van der Waals surface area contributed by atoms with Crippen LogP contribution < -0.4 is 15.8 Å². The van der Waals surface area contributed by atoms with Crippen LogP contribution in [0.4, 0.5) is 0 Å². The quantitative estimate of drug-likeness (QED) is 0.456. The molecule has 2 aliphatic heterocycles. The maximum atomic E-state index is 12.8. The van der Waals surface area contributed by atoms with Crippen molar-refractivity contribution in [2.75, 3.05) is 13.2 Å². The summed E-state index contributed by atoms with van der Waals surface area (Å²) in [6.07, 6.45) is 6.75. The summed E-state index contributed by atoms with van der Waals surface area (Å²) < 4.78 is 5.73. The number of carbonyl (C=O) groups excluding carboxylic acids is 4. The third kappa shape index (κ3) is 4.82. The number of ether oxygens (including phenoxy) is 1. The van der Waals surface area contributed by atoms with Crippen molar-refractivity contribution in [2.24, 2.45) is 5.73 Å². The van der Waals surface area contributed by atoms with Crippen molar-refractivity contribution in [3.8, 4) is 5.75 Å². The van der Waals surface area contributed by atoms with Crippen molar-refractivity contribution < 1.29 is 23.9 Å². The Morgan fingerprint density at radius 3 is 2.38 bits per heavy atom. The van der Waals surface area contributed by atoms with E-state index in [0.717, 1.165) is 43.5 Å². The predicted molar refractivity (Wildman–Crippen MR) is 105 cm³/mol. The number of piperidine rings is 1. The van der Waals surface area contributed by atoms with Crippen molar-refractivity contribution >= 4 is 23.6 Å². The molecule has 29 heavy (non-hydrogen) atoms. The second-order valence-electron chi connectivity index (χ2n) is 7.41. The van der Waals surface area contributed by atoms with Crippen LogP contribution in [0.5, 0.6) is 5.75 Å². The zero-order chi connectivity index (χ0) is 20.8. The number of nitrogens with two attached hydrogens (primary N) is 1. The van der Waals surface area contributed by atoms with E-state index in [-0.39, 0.29) is 24.0 Å². The lowest BCUT2D eigenvalue weighted by molar-refractivity contribution is -0.136. The number of rotatable bonds is 10. The average molecular weight is 401 g/mol. The van der Waals surface area contributed by atoms with Gasteiger partial charge >= 0.3 is 0 Å². The Morgan fingerprint density at radius 1 is 0.966 bits per heavy atom. The molecule has 0 radical (unpaired) electrons. The van der Waals surface area contributed by atoms with E-state index >= 15 is 0 Å². The van der Waals surface area contributed by atoms with Crippen molar-refractivity contribution in [3.63, 3.8) is 0 Å². The molecule has 2 aliphatic rings. The van der Waals surface area contributed by atoms with Crippen LogP contribution >= 0.6 is 0 Å². The molecular weight excluding hydrogens is 374 g/mol. The maximum Gasteiger partial charge on any atom is 0.262 e. The van der Waals surface area contributed by atoms with E-state index < -0.39 is 29.7 Å². The highest BCUT2D eigenvalue weighted by Gasteiger charge is 2.44. The van der Waals surface area contributed by atoms with Crippen molar-refractivity contribution in [3.05, 3.63) is 29.3 Å². The van der Waals surface area contributed by atoms with Crippen LogP contribution in [-0.2, 0) is 9.59 Å². The number of fused-ring (bicyclic) bond motifs is 1. The summed E-state index contributed by atoms with van der Waals surface area (Å²) >= 11 is 0. The monoisotopic (exact) mass is 401 g/mol. The van der Waals surface area contributed by atoms with Crippen LogP contribution in [0.15, 0.2) is 18.2 Å². The predicted octanol–water partition coefficient (Wildman–Crippen LogP) is 1.77. The Balaban J connectivity index is 1.55. The molecule has 0 spiro atoms. The summed E-state index contributed by atoms with van der Waals surface area (Å²) in [4.78, 5) is 49.8. The first-order valence-electron chi connectivity index (χ1n) is 10.2. The Labute approximate surface area is 169 Å². The first kappa shape index (κ1) is 21.0. The molecule has 8 nitrogen and oxygen atoms in total. The molecule has 1 atom stereocenters. The minimum Gasteiger partial charge on any atom is -0.494 e.